The van der Waals surface area contributed by atoms with Crippen molar-refractivity contribution in [3.63, 3.8) is 0 Å². The summed E-state index contributed by atoms with van der Waals surface area (Å²) in [6.45, 7) is 4.55. The van der Waals surface area contributed by atoms with Gasteiger partial charge in [0.05, 0.1) is 12.5 Å². The van der Waals surface area contributed by atoms with Gasteiger partial charge >= 0.3 is 0 Å². The molecule has 0 saturated carbocycles. The van der Waals surface area contributed by atoms with Gasteiger partial charge in [-0.1, -0.05) is 11.3 Å². The number of hydrogen-bond acceptors (Lipinski definition) is 8. The molecule has 158 valence electrons. The number of fused-ring (bicyclic) bond motifs is 1. The number of nitrogens with zero attached hydrogens (tertiary/aromatic N) is 4. The lowest BCUT2D eigenvalue weighted by molar-refractivity contribution is -0.125. The molecule has 3 rings (SSSR count). The third-order valence-electron chi connectivity index (χ3n) is 4.73. The number of amides is 2. The van der Waals surface area contributed by atoms with Crippen molar-refractivity contribution in [2.45, 2.75) is 26.3 Å². The topological polar surface area (TPSA) is 118 Å². The van der Waals surface area contributed by atoms with Crippen LogP contribution >= 0.6 is 11.3 Å². The zero-order valence-electron chi connectivity index (χ0n) is 16.6. The molecule has 0 radical (unpaired) electrons. The maximum atomic E-state index is 12.8. The van der Waals surface area contributed by atoms with Gasteiger partial charge in [-0.3, -0.25) is 19.0 Å². The maximum absolute atomic E-state index is 12.8. The van der Waals surface area contributed by atoms with E-state index >= 15 is 0 Å². The van der Waals surface area contributed by atoms with Gasteiger partial charge in [-0.05, 0) is 19.8 Å². The molecule has 1 atom stereocenters. The minimum absolute atomic E-state index is 0.0540. The number of piperidine rings is 1. The minimum Gasteiger partial charge on any atom is -0.383 e. The van der Waals surface area contributed by atoms with Crippen LogP contribution in [0.1, 0.15) is 19.8 Å². The average Bonchev–Trinajstić information content (AvgIpc) is 3.16. The fraction of sp³-hybridized carbons (Fsp3) is 0.611. The summed E-state index contributed by atoms with van der Waals surface area (Å²) in [7, 11) is 1.55. The normalized spacial score (nSPS) is 16.8. The van der Waals surface area contributed by atoms with Crippen molar-refractivity contribution in [2.24, 2.45) is 5.92 Å². The van der Waals surface area contributed by atoms with E-state index < -0.39 is 0 Å². The molecule has 29 heavy (non-hydrogen) atoms. The van der Waals surface area contributed by atoms with E-state index in [-0.39, 0.29) is 29.8 Å². The molecular formula is C18H26N6O4S. The van der Waals surface area contributed by atoms with E-state index in [0.717, 1.165) is 19.4 Å². The van der Waals surface area contributed by atoms with Gasteiger partial charge in [0, 0.05) is 33.3 Å². The van der Waals surface area contributed by atoms with Gasteiger partial charge in [0.15, 0.2) is 10.8 Å². The predicted octanol–water partition coefficient (Wildman–Crippen LogP) is -0.0319. The van der Waals surface area contributed by atoms with E-state index in [0.29, 0.717) is 41.7 Å². The molecule has 3 heterocycles. The Hall–Kier alpha value is -2.53. The van der Waals surface area contributed by atoms with E-state index in [4.69, 9.17) is 4.74 Å². The molecule has 1 aliphatic heterocycles. The van der Waals surface area contributed by atoms with Crippen molar-refractivity contribution in [3.8, 4) is 0 Å². The molecule has 2 amide bonds. The van der Waals surface area contributed by atoms with Crippen LogP contribution in [0.2, 0.25) is 0 Å². The Morgan fingerprint density at radius 2 is 2.21 bits per heavy atom. The first-order valence-corrected chi connectivity index (χ1v) is 10.5. The smallest absolute Gasteiger partial charge is 0.273 e. The van der Waals surface area contributed by atoms with Crippen LogP contribution in [0.15, 0.2) is 11.1 Å². The second kappa shape index (κ2) is 9.79. The summed E-state index contributed by atoms with van der Waals surface area (Å²) in [5.74, 6) is -0.315. The first-order valence-electron chi connectivity index (χ1n) is 9.67. The number of anilines is 1. The van der Waals surface area contributed by atoms with E-state index in [1.54, 1.807) is 7.11 Å². The van der Waals surface area contributed by atoms with Gasteiger partial charge in [0.1, 0.15) is 17.6 Å². The van der Waals surface area contributed by atoms with Crippen LogP contribution in [0.4, 0.5) is 5.13 Å². The predicted molar refractivity (Wildman–Crippen MR) is 110 cm³/mol. The Labute approximate surface area is 172 Å². The minimum atomic E-state index is -0.294. The van der Waals surface area contributed by atoms with Crippen LogP contribution in [0.3, 0.4) is 0 Å². The lowest BCUT2D eigenvalue weighted by Gasteiger charge is -2.31. The summed E-state index contributed by atoms with van der Waals surface area (Å²) in [5.41, 5.74) is 0.0732. The van der Waals surface area contributed by atoms with Gasteiger partial charge in [-0.2, -0.15) is 4.98 Å². The zero-order valence-corrected chi connectivity index (χ0v) is 17.5. The van der Waals surface area contributed by atoms with Crippen LogP contribution in [0, 0.1) is 5.92 Å². The van der Waals surface area contributed by atoms with Crippen molar-refractivity contribution in [3.05, 3.63) is 16.7 Å². The molecule has 1 saturated heterocycles. The fourth-order valence-electron chi connectivity index (χ4n) is 3.27. The Balaban J connectivity index is 1.74. The lowest BCUT2D eigenvalue weighted by Crippen LogP contribution is -2.43. The molecule has 2 aromatic rings. The summed E-state index contributed by atoms with van der Waals surface area (Å²) >= 11 is 1.26. The number of rotatable bonds is 8. The van der Waals surface area contributed by atoms with Gasteiger partial charge < -0.3 is 20.3 Å². The molecule has 11 heteroatoms. The van der Waals surface area contributed by atoms with E-state index in [9.17, 15) is 14.4 Å². The molecule has 0 aliphatic carbocycles. The third-order valence-corrected chi connectivity index (χ3v) is 5.82. The molecule has 1 fully saturated rings. The molecule has 2 N–H and O–H groups in total. The standard InChI is InChI=1S/C18H26N6O4S/c1-3-19-16(26)12-5-4-7-23(9-12)18-22-15-14(29-18)17(27)24(11-21-15)10-13(25)20-6-8-28-2/h11-12H,3-10H2,1-2H3,(H,19,26)(H,20,25)/t12-/m0/s1. The average molecular weight is 423 g/mol. The summed E-state index contributed by atoms with van der Waals surface area (Å²) in [5, 5.41) is 6.23. The molecule has 0 aromatic carbocycles. The second-order valence-electron chi connectivity index (χ2n) is 6.85. The number of ether oxygens (including phenoxy) is 1. The highest BCUT2D eigenvalue weighted by molar-refractivity contribution is 7.22. The molecule has 0 spiro atoms. The van der Waals surface area contributed by atoms with E-state index in [2.05, 4.69) is 20.6 Å². The quantitative estimate of drug-likeness (QED) is 0.574. The van der Waals surface area contributed by atoms with Gasteiger partial charge in [0.2, 0.25) is 11.8 Å². The molecule has 1 aliphatic rings. The Morgan fingerprint density at radius 1 is 1.38 bits per heavy atom. The first kappa shape index (κ1) is 21.2. The monoisotopic (exact) mass is 422 g/mol. The van der Waals surface area contributed by atoms with Crippen LogP contribution in [-0.2, 0) is 20.9 Å². The summed E-state index contributed by atoms with van der Waals surface area (Å²) in [6, 6.07) is 0. The number of methoxy groups -OCH3 is 1. The van der Waals surface area contributed by atoms with Crippen LogP contribution < -0.4 is 21.1 Å². The number of aromatic nitrogens is 3. The maximum Gasteiger partial charge on any atom is 0.273 e. The van der Waals surface area contributed by atoms with Gasteiger partial charge in [-0.25, -0.2) is 4.98 Å². The summed E-state index contributed by atoms with van der Waals surface area (Å²) < 4.78 is 6.58. The van der Waals surface area contributed by atoms with Crippen molar-refractivity contribution >= 4 is 38.6 Å². The third kappa shape index (κ3) is 5.10. The number of nitrogens with one attached hydrogen (secondary N) is 2. The number of carbonyl (C=O) groups excluding carboxylic acids is 2. The number of carbonyl (C=O) groups is 2. The van der Waals surface area contributed by atoms with Crippen molar-refractivity contribution < 1.29 is 14.3 Å². The van der Waals surface area contributed by atoms with Gasteiger partial charge in [-0.15, -0.1) is 0 Å². The molecular weight excluding hydrogens is 396 g/mol. The van der Waals surface area contributed by atoms with E-state index in [1.165, 1.54) is 22.2 Å². The molecule has 0 bridgehead atoms. The Kier molecular flexibility index (Phi) is 7.15. The van der Waals surface area contributed by atoms with Crippen LogP contribution in [0.5, 0.6) is 0 Å². The molecule has 10 nitrogen and oxygen atoms in total. The van der Waals surface area contributed by atoms with Gasteiger partial charge in [0.25, 0.3) is 5.56 Å². The second-order valence-corrected chi connectivity index (χ2v) is 7.83. The Morgan fingerprint density at radius 3 is 2.97 bits per heavy atom. The SMILES string of the molecule is CCNC(=O)[C@H]1CCCN(c2nc3ncn(CC(=O)NCCOC)c(=O)c3s2)C1. The van der Waals surface area contributed by atoms with Crippen molar-refractivity contribution in [2.75, 3.05) is 44.8 Å². The molecule has 2 aromatic heterocycles. The number of hydrogen-bond donors (Lipinski definition) is 2. The summed E-state index contributed by atoms with van der Waals surface area (Å²) in [6.07, 6.45) is 3.07. The highest BCUT2D eigenvalue weighted by Crippen LogP contribution is 2.29. The first-order chi connectivity index (χ1) is 14.0. The largest absolute Gasteiger partial charge is 0.383 e. The van der Waals surface area contributed by atoms with Crippen LogP contribution in [-0.4, -0.2) is 66.2 Å². The highest BCUT2D eigenvalue weighted by Gasteiger charge is 2.27. The summed E-state index contributed by atoms with van der Waals surface area (Å²) in [4.78, 5) is 47.7. The van der Waals surface area contributed by atoms with Crippen molar-refractivity contribution in [1.29, 1.82) is 0 Å². The highest BCUT2D eigenvalue weighted by atomic mass is 32.1. The Bertz CT molecular complexity index is 927. The fourth-order valence-corrected chi connectivity index (χ4v) is 4.27. The van der Waals surface area contributed by atoms with Crippen molar-refractivity contribution in [1.82, 2.24) is 25.2 Å². The number of thiazole rings is 1. The molecule has 0 unspecified atom stereocenters. The van der Waals surface area contributed by atoms with Crippen LogP contribution in [0.25, 0.3) is 10.3 Å². The zero-order chi connectivity index (χ0) is 20.8. The lowest BCUT2D eigenvalue weighted by atomic mass is 9.97. The van der Waals surface area contributed by atoms with E-state index in [1.807, 2.05) is 11.8 Å².